The summed E-state index contributed by atoms with van der Waals surface area (Å²) in [5.74, 6) is -0.946. The van der Waals surface area contributed by atoms with E-state index in [2.05, 4.69) is 5.32 Å². The van der Waals surface area contributed by atoms with Crippen LogP contribution in [0.3, 0.4) is 0 Å². The summed E-state index contributed by atoms with van der Waals surface area (Å²) in [4.78, 5) is 23.4. The monoisotopic (exact) mass is 284 g/mol. The number of aryl methyl sites for hydroxylation is 1. The third kappa shape index (κ3) is 4.35. The van der Waals surface area contributed by atoms with Gasteiger partial charge in [0.05, 0.1) is 5.56 Å². The Balaban J connectivity index is 1.86. The number of rotatable bonds is 4. The third-order valence-corrected chi connectivity index (χ3v) is 2.78. The van der Waals surface area contributed by atoms with Crippen molar-refractivity contribution in [2.45, 2.75) is 6.92 Å². The van der Waals surface area contributed by atoms with Crippen LogP contribution in [0.25, 0.3) is 0 Å². The molecule has 0 atom stereocenters. The first-order valence-corrected chi connectivity index (χ1v) is 6.44. The van der Waals surface area contributed by atoms with E-state index < -0.39 is 5.97 Å². The number of amides is 1. The van der Waals surface area contributed by atoms with E-state index in [0.717, 1.165) is 5.56 Å². The third-order valence-electron chi connectivity index (χ3n) is 2.78. The zero-order valence-electron chi connectivity index (χ0n) is 11.6. The van der Waals surface area contributed by atoms with Crippen LogP contribution in [0, 0.1) is 6.92 Å². The van der Waals surface area contributed by atoms with Crippen LogP contribution in [0.1, 0.15) is 15.9 Å². The van der Waals surface area contributed by atoms with Crippen LogP contribution in [0.2, 0.25) is 0 Å². The number of esters is 1. The molecule has 0 unspecified atom stereocenters. The maximum Gasteiger partial charge on any atom is 0.338 e. The highest BCUT2D eigenvalue weighted by Crippen LogP contribution is 2.10. The fourth-order valence-electron chi connectivity index (χ4n) is 1.75. The lowest BCUT2D eigenvalue weighted by Crippen LogP contribution is -2.20. The van der Waals surface area contributed by atoms with Gasteiger partial charge in [0.15, 0.2) is 6.61 Å². The van der Waals surface area contributed by atoms with Gasteiger partial charge in [-0.1, -0.05) is 12.1 Å². The van der Waals surface area contributed by atoms with E-state index in [4.69, 9.17) is 10.5 Å². The van der Waals surface area contributed by atoms with Crippen LogP contribution in [-0.4, -0.2) is 18.5 Å². The molecule has 1 amide bonds. The number of nitrogens with two attached hydrogens (primary N) is 1. The standard InChI is InChI=1S/C16H16N2O3/c1-11-3-2-4-14(9-11)18-15(19)10-21-16(20)12-5-7-13(17)8-6-12/h2-9H,10,17H2,1H3,(H,18,19). The van der Waals surface area contributed by atoms with E-state index in [-0.39, 0.29) is 12.5 Å². The van der Waals surface area contributed by atoms with Crippen molar-refractivity contribution in [1.82, 2.24) is 0 Å². The van der Waals surface area contributed by atoms with E-state index in [9.17, 15) is 9.59 Å². The smallest absolute Gasteiger partial charge is 0.338 e. The van der Waals surface area contributed by atoms with Gasteiger partial charge in [-0.3, -0.25) is 4.79 Å². The Labute approximate surface area is 122 Å². The van der Waals surface area contributed by atoms with Crippen molar-refractivity contribution in [3.63, 3.8) is 0 Å². The van der Waals surface area contributed by atoms with E-state index >= 15 is 0 Å². The molecule has 108 valence electrons. The average molecular weight is 284 g/mol. The Bertz CT molecular complexity index is 651. The lowest BCUT2D eigenvalue weighted by Gasteiger charge is -2.07. The SMILES string of the molecule is Cc1cccc(NC(=O)COC(=O)c2ccc(N)cc2)c1. The predicted octanol–water partition coefficient (Wildman–Crippen LogP) is 2.37. The second kappa shape index (κ2) is 6.56. The second-order valence-electron chi connectivity index (χ2n) is 4.62. The Morgan fingerprint density at radius 2 is 1.86 bits per heavy atom. The molecule has 0 aromatic heterocycles. The van der Waals surface area contributed by atoms with Crippen LogP contribution in [-0.2, 0) is 9.53 Å². The summed E-state index contributed by atoms with van der Waals surface area (Å²) in [7, 11) is 0. The van der Waals surface area contributed by atoms with Gasteiger partial charge in [-0.2, -0.15) is 0 Å². The zero-order valence-corrected chi connectivity index (χ0v) is 11.6. The van der Waals surface area contributed by atoms with Gasteiger partial charge in [-0.25, -0.2) is 4.79 Å². The molecule has 0 heterocycles. The summed E-state index contributed by atoms with van der Waals surface area (Å²) in [6.07, 6.45) is 0. The van der Waals surface area contributed by atoms with Gasteiger partial charge in [-0.15, -0.1) is 0 Å². The largest absolute Gasteiger partial charge is 0.452 e. The van der Waals surface area contributed by atoms with E-state index in [1.54, 1.807) is 30.3 Å². The number of hydrogen-bond donors (Lipinski definition) is 2. The number of anilines is 2. The summed E-state index contributed by atoms with van der Waals surface area (Å²) in [6.45, 7) is 1.59. The first-order chi connectivity index (χ1) is 10.0. The fourth-order valence-corrected chi connectivity index (χ4v) is 1.75. The molecular formula is C16H16N2O3. The zero-order chi connectivity index (χ0) is 15.2. The number of nitrogen functional groups attached to an aromatic ring is 1. The van der Waals surface area contributed by atoms with Gasteiger partial charge in [0.25, 0.3) is 5.91 Å². The summed E-state index contributed by atoms with van der Waals surface area (Å²) in [5, 5.41) is 2.66. The van der Waals surface area contributed by atoms with Crippen LogP contribution in [0.15, 0.2) is 48.5 Å². The Hall–Kier alpha value is -2.82. The molecule has 3 N–H and O–H groups in total. The highest BCUT2D eigenvalue weighted by Gasteiger charge is 2.10. The lowest BCUT2D eigenvalue weighted by atomic mass is 10.2. The molecule has 0 fully saturated rings. The summed E-state index contributed by atoms with van der Waals surface area (Å²) in [6, 6.07) is 13.7. The molecule has 0 aliphatic carbocycles. The molecular weight excluding hydrogens is 268 g/mol. The molecule has 5 nitrogen and oxygen atoms in total. The topological polar surface area (TPSA) is 81.4 Å². The van der Waals surface area contributed by atoms with Gasteiger partial charge >= 0.3 is 5.97 Å². The average Bonchev–Trinajstić information content (AvgIpc) is 2.45. The maximum atomic E-state index is 11.7. The quantitative estimate of drug-likeness (QED) is 0.667. The van der Waals surface area contributed by atoms with Gasteiger partial charge in [-0.05, 0) is 48.9 Å². The van der Waals surface area contributed by atoms with E-state index in [1.807, 2.05) is 25.1 Å². The molecule has 0 saturated carbocycles. The van der Waals surface area contributed by atoms with Crippen molar-refractivity contribution in [2.75, 3.05) is 17.7 Å². The normalized spacial score (nSPS) is 9.95. The first-order valence-electron chi connectivity index (χ1n) is 6.44. The molecule has 2 aromatic carbocycles. The van der Waals surface area contributed by atoms with Crippen molar-refractivity contribution in [2.24, 2.45) is 0 Å². The molecule has 0 saturated heterocycles. The van der Waals surface area contributed by atoms with Crippen LogP contribution in [0.5, 0.6) is 0 Å². The highest BCUT2D eigenvalue weighted by atomic mass is 16.5. The molecule has 0 bridgehead atoms. The number of hydrogen-bond acceptors (Lipinski definition) is 4. The van der Waals surface area contributed by atoms with Gasteiger partial charge in [0, 0.05) is 11.4 Å². The first kappa shape index (κ1) is 14.6. The summed E-state index contributed by atoms with van der Waals surface area (Å²) >= 11 is 0. The minimum absolute atomic E-state index is 0.336. The molecule has 2 rings (SSSR count). The van der Waals surface area contributed by atoms with Crippen molar-refractivity contribution in [3.8, 4) is 0 Å². The number of carbonyl (C=O) groups is 2. The van der Waals surface area contributed by atoms with Crippen LogP contribution >= 0.6 is 0 Å². The number of benzene rings is 2. The second-order valence-corrected chi connectivity index (χ2v) is 4.62. The summed E-state index contributed by atoms with van der Waals surface area (Å²) < 4.78 is 4.94. The maximum absolute atomic E-state index is 11.7. The van der Waals surface area contributed by atoms with E-state index in [1.165, 1.54) is 0 Å². The predicted molar refractivity (Wildman–Crippen MR) is 80.9 cm³/mol. The molecule has 0 radical (unpaired) electrons. The highest BCUT2D eigenvalue weighted by molar-refractivity contribution is 5.95. The molecule has 0 aliphatic heterocycles. The fraction of sp³-hybridized carbons (Fsp3) is 0.125. The van der Waals surface area contributed by atoms with Gasteiger partial charge in [0.2, 0.25) is 0 Å². The molecule has 2 aromatic rings. The number of ether oxygens (including phenoxy) is 1. The van der Waals surface area contributed by atoms with Gasteiger partial charge in [0.1, 0.15) is 0 Å². The van der Waals surface area contributed by atoms with E-state index in [0.29, 0.717) is 16.9 Å². The lowest BCUT2D eigenvalue weighted by molar-refractivity contribution is -0.119. The Kier molecular flexibility index (Phi) is 4.56. The Morgan fingerprint density at radius 3 is 2.52 bits per heavy atom. The Morgan fingerprint density at radius 1 is 1.14 bits per heavy atom. The van der Waals surface area contributed by atoms with Crippen molar-refractivity contribution < 1.29 is 14.3 Å². The van der Waals surface area contributed by atoms with Crippen molar-refractivity contribution in [1.29, 1.82) is 0 Å². The van der Waals surface area contributed by atoms with Gasteiger partial charge < -0.3 is 15.8 Å². The molecule has 0 spiro atoms. The minimum Gasteiger partial charge on any atom is -0.452 e. The molecule has 0 aliphatic rings. The number of nitrogens with one attached hydrogen (secondary N) is 1. The molecule has 5 heteroatoms. The van der Waals surface area contributed by atoms with Crippen molar-refractivity contribution >= 4 is 23.3 Å². The minimum atomic E-state index is -0.561. The van der Waals surface area contributed by atoms with Crippen LogP contribution < -0.4 is 11.1 Å². The number of carbonyl (C=O) groups excluding carboxylic acids is 2. The molecule has 21 heavy (non-hydrogen) atoms. The summed E-state index contributed by atoms with van der Waals surface area (Å²) in [5.41, 5.74) is 8.15. The van der Waals surface area contributed by atoms with Crippen LogP contribution in [0.4, 0.5) is 11.4 Å². The van der Waals surface area contributed by atoms with Crippen molar-refractivity contribution in [3.05, 3.63) is 59.7 Å².